The lowest BCUT2D eigenvalue weighted by molar-refractivity contribution is -0.245. The first-order valence-corrected chi connectivity index (χ1v) is 12.9. The van der Waals surface area contributed by atoms with Crippen molar-refractivity contribution < 1.29 is 29.3 Å². The van der Waals surface area contributed by atoms with Crippen molar-refractivity contribution in [3.05, 3.63) is 89.1 Å². The van der Waals surface area contributed by atoms with E-state index in [0.29, 0.717) is 29.4 Å². The van der Waals surface area contributed by atoms with Crippen molar-refractivity contribution in [2.45, 2.75) is 43.5 Å². The molecule has 10 heteroatoms. The van der Waals surface area contributed by atoms with Gasteiger partial charge < -0.3 is 30.3 Å². The number of aromatic carboxylic acids is 1. The SMILES string of the molecule is CCNC(=O)Nc1ccc(C2OC(CSc3ncccc3C(=O)O)CC(c3ccc(CO)cc3)O2)cc1. The number of hydrogen-bond donors (Lipinski definition) is 4. The second kappa shape index (κ2) is 12.7. The van der Waals surface area contributed by atoms with E-state index >= 15 is 0 Å². The average Bonchev–Trinajstić information content (AvgIpc) is 2.92. The van der Waals surface area contributed by atoms with E-state index in [-0.39, 0.29) is 30.4 Å². The lowest BCUT2D eigenvalue weighted by Gasteiger charge is -2.36. The Balaban J connectivity index is 1.52. The summed E-state index contributed by atoms with van der Waals surface area (Å²) in [6.07, 6.45) is 0.956. The third kappa shape index (κ3) is 7.07. The normalized spacial score (nSPS) is 19.2. The molecule has 0 bridgehead atoms. The number of ether oxygens (including phenoxy) is 2. The molecule has 194 valence electrons. The van der Waals surface area contributed by atoms with Gasteiger partial charge in [0.15, 0.2) is 6.29 Å². The molecule has 3 aromatic rings. The van der Waals surface area contributed by atoms with E-state index in [1.807, 2.05) is 43.3 Å². The molecule has 0 radical (unpaired) electrons. The molecule has 2 aromatic carbocycles. The molecule has 1 saturated heterocycles. The van der Waals surface area contributed by atoms with Crippen molar-refractivity contribution in [1.82, 2.24) is 10.3 Å². The van der Waals surface area contributed by atoms with Gasteiger partial charge in [0.05, 0.1) is 24.4 Å². The number of rotatable bonds is 9. The van der Waals surface area contributed by atoms with Crippen molar-refractivity contribution in [2.75, 3.05) is 17.6 Å². The zero-order valence-corrected chi connectivity index (χ0v) is 21.1. The van der Waals surface area contributed by atoms with Gasteiger partial charge in [-0.15, -0.1) is 11.8 Å². The summed E-state index contributed by atoms with van der Waals surface area (Å²) in [4.78, 5) is 27.6. The predicted molar refractivity (Wildman–Crippen MR) is 139 cm³/mol. The number of amides is 2. The summed E-state index contributed by atoms with van der Waals surface area (Å²) in [6.45, 7) is 2.34. The summed E-state index contributed by atoms with van der Waals surface area (Å²) in [7, 11) is 0. The molecule has 0 saturated carbocycles. The first-order chi connectivity index (χ1) is 18.0. The topological polar surface area (TPSA) is 130 Å². The fourth-order valence-corrected chi connectivity index (χ4v) is 4.93. The summed E-state index contributed by atoms with van der Waals surface area (Å²) < 4.78 is 12.6. The van der Waals surface area contributed by atoms with Gasteiger partial charge in [0, 0.05) is 36.2 Å². The summed E-state index contributed by atoms with van der Waals surface area (Å²) in [6, 6.07) is 17.7. The first-order valence-electron chi connectivity index (χ1n) is 11.9. The van der Waals surface area contributed by atoms with Crippen molar-refractivity contribution in [2.24, 2.45) is 0 Å². The van der Waals surface area contributed by atoms with Crippen LogP contribution in [0.2, 0.25) is 0 Å². The van der Waals surface area contributed by atoms with E-state index < -0.39 is 12.3 Å². The molecule has 3 unspecified atom stereocenters. The van der Waals surface area contributed by atoms with Gasteiger partial charge in [0.2, 0.25) is 0 Å². The number of thioether (sulfide) groups is 1. The number of pyridine rings is 1. The number of aliphatic hydroxyl groups excluding tert-OH is 1. The Bertz CT molecular complexity index is 1210. The van der Waals surface area contributed by atoms with Crippen molar-refractivity contribution in [3.63, 3.8) is 0 Å². The molecule has 0 aliphatic carbocycles. The largest absolute Gasteiger partial charge is 0.478 e. The maximum Gasteiger partial charge on any atom is 0.338 e. The second-order valence-corrected chi connectivity index (χ2v) is 9.44. The van der Waals surface area contributed by atoms with Crippen molar-refractivity contribution >= 4 is 29.4 Å². The third-order valence-electron chi connectivity index (χ3n) is 5.80. The number of nitrogens with one attached hydrogen (secondary N) is 2. The third-order valence-corrected chi connectivity index (χ3v) is 6.94. The van der Waals surface area contributed by atoms with E-state index in [0.717, 1.165) is 16.7 Å². The van der Waals surface area contributed by atoms with Gasteiger partial charge in [-0.05, 0) is 42.3 Å². The Morgan fingerprint density at radius 1 is 1.05 bits per heavy atom. The lowest BCUT2D eigenvalue weighted by atomic mass is 10.0. The van der Waals surface area contributed by atoms with Crippen molar-refractivity contribution in [1.29, 1.82) is 0 Å². The Kier molecular flexibility index (Phi) is 9.13. The van der Waals surface area contributed by atoms with E-state index in [1.165, 1.54) is 17.8 Å². The molecule has 0 spiro atoms. The van der Waals surface area contributed by atoms with Gasteiger partial charge >= 0.3 is 12.0 Å². The number of carbonyl (C=O) groups excluding carboxylic acids is 1. The Hall–Kier alpha value is -3.44. The van der Waals surface area contributed by atoms with Crippen LogP contribution in [0.25, 0.3) is 0 Å². The van der Waals surface area contributed by atoms with E-state index in [1.54, 1.807) is 24.4 Å². The van der Waals surface area contributed by atoms with Gasteiger partial charge in [-0.25, -0.2) is 14.6 Å². The van der Waals surface area contributed by atoms with Gasteiger partial charge in [0.25, 0.3) is 0 Å². The fourth-order valence-electron chi connectivity index (χ4n) is 3.92. The molecule has 4 N–H and O–H groups in total. The molecule has 1 aromatic heterocycles. The van der Waals surface area contributed by atoms with Crippen LogP contribution < -0.4 is 10.6 Å². The molecule has 9 nitrogen and oxygen atoms in total. The second-order valence-electron chi connectivity index (χ2n) is 8.43. The molecule has 1 aliphatic heterocycles. The minimum atomic E-state index is -1.02. The fraction of sp³-hybridized carbons (Fsp3) is 0.296. The predicted octanol–water partition coefficient (Wildman–Crippen LogP) is 4.75. The van der Waals surface area contributed by atoms with Crippen molar-refractivity contribution in [3.8, 4) is 0 Å². The molecular formula is C27H29N3O6S. The van der Waals surface area contributed by atoms with E-state index in [2.05, 4.69) is 15.6 Å². The van der Waals surface area contributed by atoms with Crippen LogP contribution in [0.5, 0.6) is 0 Å². The van der Waals surface area contributed by atoms with Crippen LogP contribution in [0.1, 0.15) is 52.8 Å². The number of benzene rings is 2. The minimum absolute atomic E-state index is 0.0382. The number of carbonyl (C=O) groups is 2. The Morgan fingerprint density at radius 2 is 1.78 bits per heavy atom. The molecule has 1 aliphatic rings. The summed E-state index contributed by atoms with van der Waals surface area (Å²) in [5, 5.41) is 24.8. The highest BCUT2D eigenvalue weighted by molar-refractivity contribution is 7.99. The monoisotopic (exact) mass is 523 g/mol. The number of hydrogen-bond acceptors (Lipinski definition) is 7. The molecule has 2 amide bonds. The summed E-state index contributed by atoms with van der Waals surface area (Å²) in [5.41, 5.74) is 3.36. The minimum Gasteiger partial charge on any atom is -0.478 e. The number of anilines is 1. The molecular weight excluding hydrogens is 494 g/mol. The van der Waals surface area contributed by atoms with E-state index in [4.69, 9.17) is 9.47 Å². The smallest absolute Gasteiger partial charge is 0.338 e. The van der Waals surface area contributed by atoms with Gasteiger partial charge in [-0.1, -0.05) is 36.4 Å². The lowest BCUT2D eigenvalue weighted by Crippen LogP contribution is -2.31. The molecule has 3 atom stereocenters. The van der Waals surface area contributed by atoms with Crippen LogP contribution in [0, 0.1) is 0 Å². The standard InChI is InChI=1S/C27H29N3O6S/c1-2-28-27(34)30-20-11-9-19(10-12-20)26-35-21(16-37-24-22(25(32)33)4-3-13-29-24)14-23(36-26)18-7-5-17(15-31)6-8-18/h3-13,21,23,26,31H,2,14-16H2,1H3,(H,32,33)(H2,28,30,34). The molecule has 37 heavy (non-hydrogen) atoms. The van der Waals surface area contributed by atoms with Crippen LogP contribution >= 0.6 is 11.8 Å². The van der Waals surface area contributed by atoms with Crippen LogP contribution in [0.3, 0.4) is 0 Å². The summed E-state index contributed by atoms with van der Waals surface area (Å²) in [5.74, 6) is -0.538. The number of aliphatic hydroxyl groups is 1. The van der Waals surface area contributed by atoms with Gasteiger partial charge in [-0.3, -0.25) is 0 Å². The molecule has 4 rings (SSSR count). The first kappa shape index (κ1) is 26.6. The summed E-state index contributed by atoms with van der Waals surface area (Å²) >= 11 is 1.34. The highest BCUT2D eigenvalue weighted by Gasteiger charge is 2.32. The van der Waals surface area contributed by atoms with Crippen LogP contribution in [-0.2, 0) is 16.1 Å². The quantitative estimate of drug-likeness (QED) is 0.296. The van der Waals surface area contributed by atoms with Crippen LogP contribution in [-0.4, -0.2) is 45.6 Å². The highest BCUT2D eigenvalue weighted by atomic mass is 32.2. The zero-order valence-electron chi connectivity index (χ0n) is 20.3. The van der Waals surface area contributed by atoms with E-state index in [9.17, 15) is 19.8 Å². The highest BCUT2D eigenvalue weighted by Crippen LogP contribution is 2.39. The zero-order chi connectivity index (χ0) is 26.2. The number of nitrogens with zero attached hydrogens (tertiary/aromatic N) is 1. The van der Waals surface area contributed by atoms with Gasteiger partial charge in [-0.2, -0.15) is 0 Å². The maximum absolute atomic E-state index is 11.8. The van der Waals surface area contributed by atoms with Crippen LogP contribution in [0.4, 0.5) is 10.5 Å². The average molecular weight is 524 g/mol. The molecule has 1 fully saturated rings. The maximum atomic E-state index is 11.8. The van der Waals surface area contributed by atoms with Crippen LogP contribution in [0.15, 0.2) is 71.9 Å². The Morgan fingerprint density at radius 3 is 2.46 bits per heavy atom. The number of urea groups is 1. The molecule has 2 heterocycles. The number of aromatic nitrogens is 1. The number of carboxylic acid groups (broad SMARTS) is 1. The van der Waals surface area contributed by atoms with Gasteiger partial charge in [0.1, 0.15) is 5.03 Å². The Labute approximate surface area is 219 Å². The number of carboxylic acids is 1.